The van der Waals surface area contributed by atoms with Crippen molar-refractivity contribution in [2.75, 3.05) is 39.3 Å². The van der Waals surface area contributed by atoms with E-state index in [0.29, 0.717) is 5.54 Å². The van der Waals surface area contributed by atoms with E-state index in [1.54, 1.807) is 0 Å². The highest BCUT2D eigenvalue weighted by atomic mass is 15.3. The van der Waals surface area contributed by atoms with E-state index in [4.69, 9.17) is 5.73 Å². The summed E-state index contributed by atoms with van der Waals surface area (Å²) in [7, 11) is 0. The van der Waals surface area contributed by atoms with Crippen LogP contribution in [0, 0.1) is 11.8 Å². The van der Waals surface area contributed by atoms with Gasteiger partial charge in [0.25, 0.3) is 0 Å². The molecular weight excluding hydrogens is 258 g/mol. The van der Waals surface area contributed by atoms with Gasteiger partial charge in [-0.2, -0.15) is 0 Å². The average Bonchev–Trinajstić information content (AvgIpc) is 2.49. The van der Waals surface area contributed by atoms with Crippen molar-refractivity contribution in [1.29, 1.82) is 0 Å². The van der Waals surface area contributed by atoms with Gasteiger partial charge in [-0.1, -0.05) is 33.6 Å². The molecule has 124 valence electrons. The number of nitrogens with two attached hydrogens (primary N) is 1. The van der Waals surface area contributed by atoms with Crippen molar-refractivity contribution in [2.24, 2.45) is 17.6 Å². The minimum Gasteiger partial charge on any atom is -0.329 e. The summed E-state index contributed by atoms with van der Waals surface area (Å²) in [5, 5.41) is 0. The first-order valence-electron chi connectivity index (χ1n) is 9.27. The Morgan fingerprint density at radius 2 is 1.71 bits per heavy atom. The second-order valence-electron chi connectivity index (χ2n) is 7.84. The molecule has 1 heterocycles. The molecule has 2 fully saturated rings. The van der Waals surface area contributed by atoms with Gasteiger partial charge >= 0.3 is 0 Å². The standard InChI is InChI=1S/C18H37N3/c1-4-5-17-6-8-18(15-19,9-7-17)21-12-10-20(11-13-21)14-16(2)3/h16-17H,4-15,19H2,1-3H3. The smallest absolute Gasteiger partial charge is 0.0333 e. The molecular formula is C18H37N3. The van der Waals surface area contributed by atoms with Gasteiger partial charge in [0.05, 0.1) is 0 Å². The Morgan fingerprint density at radius 3 is 2.19 bits per heavy atom. The van der Waals surface area contributed by atoms with Gasteiger partial charge in [-0.3, -0.25) is 4.90 Å². The third-order valence-electron chi connectivity index (χ3n) is 5.78. The molecule has 21 heavy (non-hydrogen) atoms. The van der Waals surface area contributed by atoms with Crippen LogP contribution in [0.25, 0.3) is 0 Å². The summed E-state index contributed by atoms with van der Waals surface area (Å²) in [4.78, 5) is 5.38. The summed E-state index contributed by atoms with van der Waals surface area (Å²) in [6, 6.07) is 0. The highest BCUT2D eigenvalue weighted by Gasteiger charge is 2.40. The first kappa shape index (κ1) is 17.2. The van der Waals surface area contributed by atoms with Gasteiger partial charge in [0, 0.05) is 44.8 Å². The molecule has 0 atom stereocenters. The first-order chi connectivity index (χ1) is 10.1. The summed E-state index contributed by atoms with van der Waals surface area (Å²) in [5.41, 5.74) is 6.58. The molecule has 0 spiro atoms. The summed E-state index contributed by atoms with van der Waals surface area (Å²) >= 11 is 0. The Bertz CT molecular complexity index is 287. The molecule has 3 nitrogen and oxygen atoms in total. The maximum absolute atomic E-state index is 6.25. The van der Waals surface area contributed by atoms with Crippen molar-refractivity contribution in [1.82, 2.24) is 9.80 Å². The third-order valence-corrected chi connectivity index (χ3v) is 5.78. The lowest BCUT2D eigenvalue weighted by atomic mass is 9.74. The van der Waals surface area contributed by atoms with Gasteiger partial charge in [0.15, 0.2) is 0 Å². The van der Waals surface area contributed by atoms with Crippen molar-refractivity contribution in [3.05, 3.63) is 0 Å². The second-order valence-corrected chi connectivity index (χ2v) is 7.84. The fourth-order valence-electron chi connectivity index (χ4n) is 4.48. The maximum atomic E-state index is 6.25. The number of hydrogen-bond acceptors (Lipinski definition) is 3. The molecule has 0 unspecified atom stereocenters. The van der Waals surface area contributed by atoms with Crippen molar-refractivity contribution >= 4 is 0 Å². The SMILES string of the molecule is CCCC1CCC(CN)(N2CCN(CC(C)C)CC2)CC1. The molecule has 2 aliphatic rings. The van der Waals surface area contributed by atoms with Gasteiger partial charge in [0.1, 0.15) is 0 Å². The normalized spacial score (nSPS) is 32.7. The zero-order chi connectivity index (χ0) is 15.3. The van der Waals surface area contributed by atoms with Crippen LogP contribution in [-0.2, 0) is 0 Å². The molecule has 1 saturated carbocycles. The molecule has 1 aliphatic carbocycles. The molecule has 3 heteroatoms. The first-order valence-corrected chi connectivity index (χ1v) is 9.27. The Balaban J connectivity index is 1.85. The van der Waals surface area contributed by atoms with E-state index in [1.165, 1.54) is 71.2 Å². The number of nitrogens with zero attached hydrogens (tertiary/aromatic N) is 2. The fourth-order valence-corrected chi connectivity index (χ4v) is 4.48. The van der Waals surface area contributed by atoms with Crippen LogP contribution in [0.1, 0.15) is 59.3 Å². The number of piperazine rings is 1. The highest BCUT2D eigenvalue weighted by molar-refractivity contribution is 4.97. The topological polar surface area (TPSA) is 32.5 Å². The van der Waals surface area contributed by atoms with E-state index in [2.05, 4.69) is 30.6 Å². The predicted molar refractivity (Wildman–Crippen MR) is 91.5 cm³/mol. The van der Waals surface area contributed by atoms with Crippen LogP contribution in [0.5, 0.6) is 0 Å². The molecule has 0 amide bonds. The van der Waals surface area contributed by atoms with Gasteiger partial charge in [-0.05, 0) is 37.5 Å². The quantitative estimate of drug-likeness (QED) is 0.818. The monoisotopic (exact) mass is 295 g/mol. The molecule has 0 aromatic heterocycles. The highest BCUT2D eigenvalue weighted by Crippen LogP contribution is 2.38. The minimum absolute atomic E-state index is 0.328. The summed E-state index contributed by atoms with van der Waals surface area (Å²) in [5.74, 6) is 1.75. The van der Waals surface area contributed by atoms with Crippen molar-refractivity contribution in [3.63, 3.8) is 0 Å². The van der Waals surface area contributed by atoms with Gasteiger partial charge < -0.3 is 10.6 Å². The van der Waals surface area contributed by atoms with Crippen LogP contribution in [0.3, 0.4) is 0 Å². The van der Waals surface area contributed by atoms with Gasteiger partial charge in [-0.15, -0.1) is 0 Å². The molecule has 0 radical (unpaired) electrons. The van der Waals surface area contributed by atoms with Crippen molar-refractivity contribution < 1.29 is 0 Å². The van der Waals surface area contributed by atoms with E-state index in [9.17, 15) is 0 Å². The van der Waals surface area contributed by atoms with Crippen LogP contribution < -0.4 is 5.73 Å². The van der Waals surface area contributed by atoms with Crippen LogP contribution in [0.15, 0.2) is 0 Å². The summed E-state index contributed by atoms with van der Waals surface area (Å²) in [6.45, 7) is 14.0. The van der Waals surface area contributed by atoms with Crippen LogP contribution in [0.2, 0.25) is 0 Å². The minimum atomic E-state index is 0.328. The Labute approximate surface area is 132 Å². The van der Waals surface area contributed by atoms with E-state index >= 15 is 0 Å². The predicted octanol–water partition coefficient (Wildman–Crippen LogP) is 2.95. The lowest BCUT2D eigenvalue weighted by Crippen LogP contribution is -2.61. The zero-order valence-electron chi connectivity index (χ0n) is 14.6. The molecule has 2 N–H and O–H groups in total. The number of hydrogen-bond donors (Lipinski definition) is 1. The molecule has 2 rings (SSSR count). The van der Waals surface area contributed by atoms with E-state index in [1.807, 2.05) is 0 Å². The molecule has 1 saturated heterocycles. The Hall–Kier alpha value is -0.120. The van der Waals surface area contributed by atoms with Crippen LogP contribution in [-0.4, -0.2) is 54.6 Å². The Morgan fingerprint density at radius 1 is 1.10 bits per heavy atom. The van der Waals surface area contributed by atoms with Crippen LogP contribution >= 0.6 is 0 Å². The van der Waals surface area contributed by atoms with E-state index in [-0.39, 0.29) is 0 Å². The summed E-state index contributed by atoms with van der Waals surface area (Å²) < 4.78 is 0. The van der Waals surface area contributed by atoms with Crippen molar-refractivity contribution in [2.45, 2.75) is 64.8 Å². The van der Waals surface area contributed by atoms with E-state index < -0.39 is 0 Å². The summed E-state index contributed by atoms with van der Waals surface area (Å²) in [6.07, 6.45) is 8.22. The van der Waals surface area contributed by atoms with Crippen molar-refractivity contribution in [3.8, 4) is 0 Å². The second kappa shape index (κ2) is 7.94. The zero-order valence-corrected chi connectivity index (χ0v) is 14.6. The van der Waals surface area contributed by atoms with Crippen LogP contribution in [0.4, 0.5) is 0 Å². The molecule has 1 aliphatic heterocycles. The van der Waals surface area contributed by atoms with Gasteiger partial charge in [-0.25, -0.2) is 0 Å². The lowest BCUT2D eigenvalue weighted by molar-refractivity contribution is 0.000648. The molecule has 0 bridgehead atoms. The fraction of sp³-hybridized carbons (Fsp3) is 1.00. The van der Waals surface area contributed by atoms with Gasteiger partial charge in [0.2, 0.25) is 0 Å². The lowest BCUT2D eigenvalue weighted by Gasteiger charge is -2.50. The largest absolute Gasteiger partial charge is 0.329 e. The Kier molecular flexibility index (Phi) is 6.51. The average molecular weight is 296 g/mol. The van der Waals surface area contributed by atoms with E-state index in [0.717, 1.165) is 18.4 Å². The number of rotatable bonds is 6. The third kappa shape index (κ3) is 4.43. The molecule has 0 aromatic rings. The molecule has 0 aromatic carbocycles. The maximum Gasteiger partial charge on any atom is 0.0333 e.